The Labute approximate surface area is 157 Å². The van der Waals surface area contributed by atoms with Gasteiger partial charge in [-0.1, -0.05) is 13.8 Å². The minimum atomic E-state index is -3.32. The molecule has 0 saturated carbocycles. The van der Waals surface area contributed by atoms with Crippen LogP contribution in [0.25, 0.3) is 0 Å². The minimum absolute atomic E-state index is 0.0926. The van der Waals surface area contributed by atoms with Gasteiger partial charge in [-0.25, -0.2) is 13.2 Å². The van der Waals surface area contributed by atoms with Gasteiger partial charge in [-0.2, -0.15) is 4.31 Å². The summed E-state index contributed by atoms with van der Waals surface area (Å²) in [6.45, 7) is 10.1. The topological polar surface area (TPSA) is 82.2 Å². The van der Waals surface area contributed by atoms with Crippen molar-refractivity contribution in [3.05, 3.63) is 0 Å². The van der Waals surface area contributed by atoms with Crippen molar-refractivity contribution < 1.29 is 17.9 Å². The van der Waals surface area contributed by atoms with E-state index in [0.29, 0.717) is 51.9 Å². The van der Waals surface area contributed by atoms with Crippen LogP contribution >= 0.6 is 0 Å². The lowest BCUT2D eigenvalue weighted by Gasteiger charge is -2.39. The maximum atomic E-state index is 12.4. The Kier molecular flexibility index (Phi) is 8.12. The monoisotopic (exact) mass is 390 g/mol. The van der Waals surface area contributed by atoms with Crippen LogP contribution < -0.4 is 5.32 Å². The molecule has 0 aromatic carbocycles. The molecule has 26 heavy (non-hydrogen) atoms. The Hall–Kier alpha value is -0.900. The number of hydrogen-bond donors (Lipinski definition) is 1. The zero-order chi connectivity index (χ0) is 19.2. The van der Waals surface area contributed by atoms with Crippen molar-refractivity contribution in [2.45, 2.75) is 32.7 Å². The summed E-state index contributed by atoms with van der Waals surface area (Å²) in [5.41, 5.74) is 0. The molecule has 0 bridgehead atoms. The molecule has 2 aliphatic rings. The van der Waals surface area contributed by atoms with Crippen molar-refractivity contribution in [2.75, 3.05) is 65.3 Å². The van der Waals surface area contributed by atoms with E-state index < -0.39 is 10.0 Å². The maximum Gasteiger partial charge on any atom is 0.317 e. The van der Waals surface area contributed by atoms with Crippen LogP contribution in [0.5, 0.6) is 0 Å². The third kappa shape index (κ3) is 6.68. The third-order valence-electron chi connectivity index (χ3n) is 4.92. The third-order valence-corrected chi connectivity index (χ3v) is 6.25. The van der Waals surface area contributed by atoms with Gasteiger partial charge in [-0.3, -0.25) is 4.90 Å². The number of carbonyl (C=O) groups is 1. The van der Waals surface area contributed by atoms with E-state index in [0.717, 1.165) is 25.9 Å². The number of rotatable bonds is 7. The summed E-state index contributed by atoms with van der Waals surface area (Å²) < 4.78 is 31.7. The van der Waals surface area contributed by atoms with Crippen LogP contribution in [0.2, 0.25) is 0 Å². The molecule has 0 aromatic rings. The highest BCUT2D eigenvalue weighted by atomic mass is 32.2. The quantitative estimate of drug-likeness (QED) is 0.681. The second-order valence-corrected chi connectivity index (χ2v) is 9.58. The van der Waals surface area contributed by atoms with Gasteiger partial charge in [0.25, 0.3) is 0 Å². The lowest BCUT2D eigenvalue weighted by atomic mass is 10.1. The van der Waals surface area contributed by atoms with Crippen molar-refractivity contribution in [1.29, 1.82) is 0 Å². The summed E-state index contributed by atoms with van der Waals surface area (Å²) >= 11 is 0. The number of ether oxygens (including phenoxy) is 1. The van der Waals surface area contributed by atoms with Crippen molar-refractivity contribution in [1.82, 2.24) is 19.4 Å². The van der Waals surface area contributed by atoms with E-state index in [-0.39, 0.29) is 12.1 Å². The molecule has 0 aliphatic carbocycles. The standard InChI is InChI=1S/C17H34N4O4S/c1-15(2)13-18-17(22)20-6-4-5-16(14-20)21(26(3,23)24)8-7-19-9-11-25-12-10-19/h15-16H,4-14H2,1-3H3,(H,18,22)/t16-/m0/s1. The Morgan fingerprint density at radius 1 is 1.27 bits per heavy atom. The predicted octanol–water partition coefficient (Wildman–Crippen LogP) is 0.410. The van der Waals surface area contributed by atoms with Crippen LogP contribution in [0, 0.1) is 5.92 Å². The summed E-state index contributed by atoms with van der Waals surface area (Å²) in [5.74, 6) is 0.389. The molecule has 1 atom stereocenters. The van der Waals surface area contributed by atoms with Gasteiger partial charge in [0.1, 0.15) is 0 Å². The number of hydrogen-bond acceptors (Lipinski definition) is 5. The molecule has 2 aliphatic heterocycles. The largest absolute Gasteiger partial charge is 0.379 e. The molecular formula is C17H34N4O4S. The van der Waals surface area contributed by atoms with Gasteiger partial charge in [-0.05, 0) is 18.8 Å². The normalized spacial score (nSPS) is 22.8. The van der Waals surface area contributed by atoms with Gasteiger partial charge in [0.15, 0.2) is 0 Å². The Morgan fingerprint density at radius 3 is 2.58 bits per heavy atom. The number of morpholine rings is 1. The van der Waals surface area contributed by atoms with Crippen molar-refractivity contribution in [3.63, 3.8) is 0 Å². The number of urea groups is 1. The summed E-state index contributed by atoms with van der Waals surface area (Å²) in [6, 6.07) is -0.241. The van der Waals surface area contributed by atoms with Gasteiger partial charge in [-0.15, -0.1) is 0 Å². The van der Waals surface area contributed by atoms with E-state index in [1.165, 1.54) is 6.26 Å². The van der Waals surface area contributed by atoms with Crippen LogP contribution in [0.15, 0.2) is 0 Å². The van der Waals surface area contributed by atoms with Crippen LogP contribution in [0.1, 0.15) is 26.7 Å². The van der Waals surface area contributed by atoms with Gasteiger partial charge in [0.05, 0.1) is 19.5 Å². The molecule has 0 spiro atoms. The van der Waals surface area contributed by atoms with Gasteiger partial charge >= 0.3 is 6.03 Å². The van der Waals surface area contributed by atoms with E-state index in [4.69, 9.17) is 4.74 Å². The highest BCUT2D eigenvalue weighted by Crippen LogP contribution is 2.19. The van der Waals surface area contributed by atoms with Crippen molar-refractivity contribution in [2.24, 2.45) is 5.92 Å². The molecule has 0 unspecified atom stereocenters. The molecule has 2 fully saturated rings. The first kappa shape index (κ1) is 21.4. The SMILES string of the molecule is CC(C)CNC(=O)N1CCC[C@H](N(CCN2CCOCC2)S(C)(=O)=O)C1. The number of piperidine rings is 1. The number of carbonyl (C=O) groups excluding carboxylic acids is 1. The summed E-state index contributed by atoms with van der Waals surface area (Å²) in [7, 11) is -3.32. The zero-order valence-corrected chi connectivity index (χ0v) is 17.1. The molecule has 0 aromatic heterocycles. The summed E-state index contributed by atoms with van der Waals surface area (Å²) in [5, 5.41) is 2.93. The second-order valence-electron chi connectivity index (χ2n) is 7.65. The first-order valence-electron chi connectivity index (χ1n) is 9.57. The zero-order valence-electron chi connectivity index (χ0n) is 16.3. The average Bonchev–Trinajstić information content (AvgIpc) is 2.60. The summed E-state index contributed by atoms with van der Waals surface area (Å²) in [4.78, 5) is 16.3. The smallest absolute Gasteiger partial charge is 0.317 e. The molecule has 152 valence electrons. The molecule has 2 rings (SSSR count). The van der Waals surface area contributed by atoms with Crippen molar-refractivity contribution >= 4 is 16.1 Å². The Balaban J connectivity index is 1.94. The highest BCUT2D eigenvalue weighted by molar-refractivity contribution is 7.88. The first-order valence-corrected chi connectivity index (χ1v) is 11.4. The van der Waals surface area contributed by atoms with E-state index >= 15 is 0 Å². The number of likely N-dealkylation sites (tertiary alicyclic amines) is 1. The number of amides is 2. The molecule has 2 saturated heterocycles. The fourth-order valence-electron chi connectivity index (χ4n) is 3.46. The van der Waals surface area contributed by atoms with E-state index in [1.54, 1.807) is 9.21 Å². The molecule has 2 heterocycles. The molecule has 2 amide bonds. The fourth-order valence-corrected chi connectivity index (χ4v) is 4.59. The van der Waals surface area contributed by atoms with Crippen LogP contribution in [-0.4, -0.2) is 99.9 Å². The molecular weight excluding hydrogens is 356 g/mol. The predicted molar refractivity (Wildman–Crippen MR) is 102 cm³/mol. The first-order chi connectivity index (χ1) is 12.3. The van der Waals surface area contributed by atoms with Gasteiger partial charge in [0.2, 0.25) is 10.0 Å². The van der Waals surface area contributed by atoms with Crippen LogP contribution in [-0.2, 0) is 14.8 Å². The van der Waals surface area contributed by atoms with Gasteiger partial charge in [0, 0.05) is 51.9 Å². The highest BCUT2D eigenvalue weighted by Gasteiger charge is 2.32. The number of nitrogens with one attached hydrogen (secondary N) is 1. The van der Waals surface area contributed by atoms with Crippen LogP contribution in [0.3, 0.4) is 0 Å². The Bertz CT molecular complexity index is 549. The fraction of sp³-hybridized carbons (Fsp3) is 0.941. The molecule has 0 radical (unpaired) electrons. The Morgan fingerprint density at radius 2 is 1.96 bits per heavy atom. The van der Waals surface area contributed by atoms with E-state index in [1.807, 2.05) is 0 Å². The van der Waals surface area contributed by atoms with E-state index in [9.17, 15) is 13.2 Å². The maximum absolute atomic E-state index is 12.4. The second kappa shape index (κ2) is 9.87. The molecule has 9 heteroatoms. The minimum Gasteiger partial charge on any atom is -0.379 e. The lowest BCUT2D eigenvalue weighted by Crippen LogP contribution is -2.55. The molecule has 8 nitrogen and oxygen atoms in total. The van der Waals surface area contributed by atoms with Crippen molar-refractivity contribution in [3.8, 4) is 0 Å². The average molecular weight is 391 g/mol. The van der Waals surface area contributed by atoms with E-state index in [2.05, 4.69) is 24.1 Å². The van der Waals surface area contributed by atoms with Crippen LogP contribution in [0.4, 0.5) is 4.79 Å². The number of nitrogens with zero attached hydrogens (tertiary/aromatic N) is 3. The summed E-state index contributed by atoms with van der Waals surface area (Å²) in [6.07, 6.45) is 2.89. The molecule has 1 N–H and O–H groups in total. The number of sulfonamides is 1. The lowest BCUT2D eigenvalue weighted by molar-refractivity contribution is 0.0342. The van der Waals surface area contributed by atoms with Gasteiger partial charge < -0.3 is 15.0 Å².